The lowest BCUT2D eigenvalue weighted by Gasteiger charge is -2.05. The molecule has 0 saturated carbocycles. The summed E-state index contributed by atoms with van der Waals surface area (Å²) in [4.78, 5) is 10.9. The Balaban J connectivity index is 3.28. The summed E-state index contributed by atoms with van der Waals surface area (Å²) in [5.41, 5.74) is 1.60. The molecule has 0 aliphatic carbocycles. The van der Waals surface area contributed by atoms with Crippen LogP contribution in [-0.2, 0) is 0 Å². The first kappa shape index (κ1) is 12.6. The highest BCUT2D eigenvalue weighted by atomic mass is 32.2. The maximum absolute atomic E-state index is 10.9. The highest BCUT2D eigenvalue weighted by Crippen LogP contribution is 2.30. The van der Waals surface area contributed by atoms with Crippen molar-refractivity contribution in [3.8, 4) is 5.40 Å². The van der Waals surface area contributed by atoms with Crippen LogP contribution in [0.2, 0.25) is 6.32 Å². The van der Waals surface area contributed by atoms with Gasteiger partial charge in [-0.05, 0) is 24.2 Å². The van der Waals surface area contributed by atoms with Gasteiger partial charge in [-0.2, -0.15) is 5.26 Å². The van der Waals surface area contributed by atoms with E-state index in [9.17, 15) is 10.1 Å². The Morgan fingerprint density at radius 2 is 2.31 bits per heavy atom. The second-order valence-electron chi connectivity index (χ2n) is 3.25. The molecule has 0 aliphatic rings. The molecule has 0 atom stereocenters. The van der Waals surface area contributed by atoms with Gasteiger partial charge in [0, 0.05) is 6.07 Å². The molecule has 0 fully saturated rings. The molecule has 0 aromatic heterocycles. The number of nitrogens with zero attached hydrogens (tertiary/aromatic N) is 2. The van der Waals surface area contributed by atoms with Crippen LogP contribution >= 0.6 is 11.8 Å². The monoisotopic (exact) mass is 233 g/mol. The number of thiocyanates is 1. The van der Waals surface area contributed by atoms with Crippen LogP contribution in [0.15, 0.2) is 17.0 Å². The predicted octanol–water partition coefficient (Wildman–Crippen LogP) is 2.24. The van der Waals surface area contributed by atoms with E-state index in [1.807, 2.05) is 25.7 Å². The maximum Gasteiger partial charge on any atom is 0.283 e. The fourth-order valence-corrected chi connectivity index (χ4v) is 2.00. The normalized spacial score (nSPS) is 9.56. The topological polar surface area (TPSA) is 66.9 Å². The standard InChI is InChI=1S/C10H10BN2O2S/c1-3-11-8-4-7(2)10(16-6-12)9(5-8)13(14)15/h4-5H,3H2,1-2H3. The SMILES string of the molecule is CC[B]c1cc(C)c(SC#N)c([N+](=O)[O-])c1. The molecule has 16 heavy (non-hydrogen) atoms. The van der Waals surface area contributed by atoms with Gasteiger partial charge >= 0.3 is 0 Å². The van der Waals surface area contributed by atoms with Crippen molar-refractivity contribution in [1.29, 1.82) is 5.26 Å². The van der Waals surface area contributed by atoms with Crippen LogP contribution in [0.1, 0.15) is 12.5 Å². The third kappa shape index (κ3) is 2.77. The van der Waals surface area contributed by atoms with E-state index in [2.05, 4.69) is 0 Å². The van der Waals surface area contributed by atoms with Crippen molar-refractivity contribution in [1.82, 2.24) is 0 Å². The first-order valence-electron chi connectivity index (χ1n) is 4.78. The number of hydrogen-bond donors (Lipinski definition) is 0. The van der Waals surface area contributed by atoms with Gasteiger partial charge in [0.25, 0.3) is 5.69 Å². The van der Waals surface area contributed by atoms with E-state index in [1.165, 1.54) is 6.07 Å². The van der Waals surface area contributed by atoms with Crippen LogP contribution in [0.5, 0.6) is 0 Å². The molecule has 0 spiro atoms. The molecule has 0 heterocycles. The Hall–Kier alpha value is -1.48. The zero-order valence-electron chi connectivity index (χ0n) is 9.06. The van der Waals surface area contributed by atoms with Crippen molar-refractivity contribution in [2.45, 2.75) is 25.1 Å². The minimum absolute atomic E-state index is 0.00579. The largest absolute Gasteiger partial charge is 0.283 e. The van der Waals surface area contributed by atoms with E-state index < -0.39 is 4.92 Å². The van der Waals surface area contributed by atoms with E-state index >= 15 is 0 Å². The van der Waals surface area contributed by atoms with Gasteiger partial charge in [-0.3, -0.25) is 10.1 Å². The summed E-state index contributed by atoms with van der Waals surface area (Å²) in [7, 11) is 1.92. The lowest BCUT2D eigenvalue weighted by atomic mass is 9.67. The van der Waals surface area contributed by atoms with E-state index in [1.54, 1.807) is 6.92 Å². The number of hydrogen-bond acceptors (Lipinski definition) is 4. The fourth-order valence-electron chi connectivity index (χ4n) is 1.45. The highest BCUT2D eigenvalue weighted by molar-refractivity contribution is 8.03. The second-order valence-corrected chi connectivity index (χ2v) is 4.04. The van der Waals surface area contributed by atoms with Gasteiger partial charge in [-0.25, -0.2) is 0 Å². The number of nitro benzene ring substituents is 1. The van der Waals surface area contributed by atoms with Crippen LogP contribution in [0.25, 0.3) is 0 Å². The van der Waals surface area contributed by atoms with Gasteiger partial charge in [0.15, 0.2) is 7.28 Å². The number of rotatable bonds is 4. The third-order valence-electron chi connectivity index (χ3n) is 2.06. The Kier molecular flexibility index (Phi) is 4.38. The fraction of sp³-hybridized carbons (Fsp3) is 0.300. The number of aryl methyl sites for hydroxylation is 1. The van der Waals surface area contributed by atoms with Gasteiger partial charge < -0.3 is 0 Å². The zero-order chi connectivity index (χ0) is 12.1. The molecule has 81 valence electrons. The van der Waals surface area contributed by atoms with Gasteiger partial charge in [0.2, 0.25) is 0 Å². The van der Waals surface area contributed by atoms with E-state index in [0.717, 1.165) is 29.1 Å². The van der Waals surface area contributed by atoms with Crippen molar-refractivity contribution >= 4 is 30.2 Å². The Morgan fingerprint density at radius 3 is 2.81 bits per heavy atom. The average molecular weight is 233 g/mol. The van der Waals surface area contributed by atoms with Gasteiger partial charge in [-0.15, -0.1) is 0 Å². The van der Waals surface area contributed by atoms with Crippen molar-refractivity contribution in [3.05, 3.63) is 27.8 Å². The first-order valence-corrected chi connectivity index (χ1v) is 5.60. The molecule has 1 aromatic carbocycles. The lowest BCUT2D eigenvalue weighted by Crippen LogP contribution is -2.14. The molecule has 0 N–H and O–H groups in total. The lowest BCUT2D eigenvalue weighted by molar-refractivity contribution is -0.387. The number of benzene rings is 1. The Labute approximate surface area is 99.0 Å². The summed E-state index contributed by atoms with van der Waals surface area (Å²) in [6, 6.07) is 3.37. The minimum atomic E-state index is -0.445. The van der Waals surface area contributed by atoms with Crippen LogP contribution in [-0.4, -0.2) is 12.2 Å². The molecule has 0 saturated heterocycles. The molecule has 1 radical (unpaired) electrons. The first-order chi connectivity index (χ1) is 7.60. The molecular weight excluding hydrogens is 223 g/mol. The molecule has 4 nitrogen and oxygen atoms in total. The molecule has 0 amide bonds. The maximum atomic E-state index is 10.9. The average Bonchev–Trinajstić information content (AvgIpc) is 2.22. The smallest absolute Gasteiger partial charge is 0.258 e. The van der Waals surface area contributed by atoms with Crippen LogP contribution in [0, 0.1) is 27.7 Å². The molecular formula is C10H10BN2O2S. The molecule has 1 aromatic rings. The van der Waals surface area contributed by atoms with Crippen molar-refractivity contribution in [2.75, 3.05) is 0 Å². The molecule has 0 unspecified atom stereocenters. The van der Waals surface area contributed by atoms with Crippen LogP contribution in [0.3, 0.4) is 0 Å². The summed E-state index contributed by atoms with van der Waals surface area (Å²) >= 11 is 0.834. The summed E-state index contributed by atoms with van der Waals surface area (Å²) in [6.45, 7) is 3.75. The van der Waals surface area contributed by atoms with E-state index in [0.29, 0.717) is 4.90 Å². The summed E-state index contributed by atoms with van der Waals surface area (Å²) in [5, 5.41) is 21.4. The number of thioether (sulfide) groups is 1. The Bertz CT molecular complexity index is 457. The van der Waals surface area contributed by atoms with Gasteiger partial charge in [-0.1, -0.05) is 24.8 Å². The highest BCUT2D eigenvalue weighted by Gasteiger charge is 2.18. The van der Waals surface area contributed by atoms with Crippen LogP contribution in [0.4, 0.5) is 5.69 Å². The van der Waals surface area contributed by atoms with Crippen molar-refractivity contribution in [3.63, 3.8) is 0 Å². The molecule has 1 rings (SSSR count). The quantitative estimate of drug-likeness (QED) is 0.263. The predicted molar refractivity (Wildman–Crippen MR) is 65.2 cm³/mol. The van der Waals surface area contributed by atoms with Gasteiger partial charge in [0.1, 0.15) is 10.3 Å². The van der Waals surface area contributed by atoms with Crippen LogP contribution < -0.4 is 5.46 Å². The summed E-state index contributed by atoms with van der Waals surface area (Å²) < 4.78 is 0. The Morgan fingerprint density at radius 1 is 1.62 bits per heavy atom. The zero-order valence-corrected chi connectivity index (χ0v) is 9.87. The van der Waals surface area contributed by atoms with Crippen molar-refractivity contribution in [2.24, 2.45) is 0 Å². The third-order valence-corrected chi connectivity index (χ3v) is 2.89. The molecule has 0 aliphatic heterocycles. The number of nitro groups is 1. The summed E-state index contributed by atoms with van der Waals surface area (Å²) in [5.74, 6) is 0. The number of nitriles is 1. The minimum Gasteiger partial charge on any atom is -0.258 e. The van der Waals surface area contributed by atoms with E-state index in [4.69, 9.17) is 5.26 Å². The molecule has 6 heteroatoms. The van der Waals surface area contributed by atoms with Crippen molar-refractivity contribution < 1.29 is 4.92 Å². The molecule has 0 bridgehead atoms. The van der Waals surface area contributed by atoms with Gasteiger partial charge in [0.05, 0.1) is 4.92 Å². The second kappa shape index (κ2) is 5.57. The summed E-state index contributed by atoms with van der Waals surface area (Å²) in [6.07, 6.45) is 0.821. The van der Waals surface area contributed by atoms with E-state index in [-0.39, 0.29) is 5.69 Å².